The molecule has 0 aliphatic heterocycles. The zero-order valence-electron chi connectivity index (χ0n) is 11.9. The standard InChI is InChI=1S/C13H25N3OS/c1-5-12(2,10(14)18)11(17)15-9-13(16(3)4)7-6-8-13/h5-9H2,1-4H3,(H2,14,18)(H,15,17). The van der Waals surface area contributed by atoms with Crippen molar-refractivity contribution in [2.45, 2.75) is 45.1 Å². The summed E-state index contributed by atoms with van der Waals surface area (Å²) < 4.78 is 0. The molecule has 0 heterocycles. The molecule has 1 saturated carbocycles. The van der Waals surface area contributed by atoms with Crippen LogP contribution in [0, 0.1) is 5.41 Å². The molecule has 104 valence electrons. The van der Waals surface area contributed by atoms with Crippen molar-refractivity contribution in [3.63, 3.8) is 0 Å². The summed E-state index contributed by atoms with van der Waals surface area (Å²) in [6.45, 7) is 4.43. The Morgan fingerprint density at radius 3 is 2.33 bits per heavy atom. The van der Waals surface area contributed by atoms with Gasteiger partial charge in [0.25, 0.3) is 0 Å². The molecule has 0 aromatic rings. The van der Waals surface area contributed by atoms with Crippen molar-refractivity contribution < 1.29 is 4.79 Å². The van der Waals surface area contributed by atoms with Crippen molar-refractivity contribution in [1.29, 1.82) is 0 Å². The zero-order chi connectivity index (χ0) is 14.0. The molecular formula is C13H25N3OS. The number of carbonyl (C=O) groups is 1. The number of nitrogens with zero attached hydrogens (tertiary/aromatic N) is 1. The highest BCUT2D eigenvalue weighted by atomic mass is 32.1. The van der Waals surface area contributed by atoms with E-state index in [2.05, 4.69) is 24.3 Å². The van der Waals surface area contributed by atoms with Crippen LogP contribution in [0.1, 0.15) is 39.5 Å². The van der Waals surface area contributed by atoms with Gasteiger partial charge >= 0.3 is 0 Å². The summed E-state index contributed by atoms with van der Waals surface area (Å²) >= 11 is 5.01. The number of hydrogen-bond acceptors (Lipinski definition) is 3. The normalized spacial score (nSPS) is 20.9. The number of thiocarbonyl (C=S) groups is 1. The minimum absolute atomic E-state index is 0.0503. The molecule has 0 spiro atoms. The highest BCUT2D eigenvalue weighted by Gasteiger charge is 2.41. The predicted octanol–water partition coefficient (Wildman–Crippen LogP) is 1.29. The van der Waals surface area contributed by atoms with Gasteiger partial charge in [-0.15, -0.1) is 0 Å². The number of carbonyl (C=O) groups excluding carboxylic acids is 1. The Kier molecular flexibility index (Phi) is 4.72. The van der Waals surface area contributed by atoms with Crippen LogP contribution in [0.25, 0.3) is 0 Å². The molecule has 1 rings (SSSR count). The molecule has 3 N–H and O–H groups in total. The van der Waals surface area contributed by atoms with Gasteiger partial charge in [-0.05, 0) is 46.7 Å². The summed E-state index contributed by atoms with van der Waals surface area (Å²) in [4.78, 5) is 14.7. The van der Waals surface area contributed by atoms with Crippen LogP contribution in [-0.4, -0.2) is 42.0 Å². The molecule has 1 unspecified atom stereocenters. The van der Waals surface area contributed by atoms with E-state index < -0.39 is 5.41 Å². The molecule has 18 heavy (non-hydrogen) atoms. The van der Waals surface area contributed by atoms with Gasteiger partial charge in [0.2, 0.25) is 5.91 Å². The van der Waals surface area contributed by atoms with Crippen LogP contribution in [0.4, 0.5) is 0 Å². The lowest BCUT2D eigenvalue weighted by molar-refractivity contribution is -0.128. The second-order valence-corrected chi connectivity index (χ2v) is 6.14. The van der Waals surface area contributed by atoms with E-state index in [1.54, 1.807) is 0 Å². The molecule has 1 aliphatic carbocycles. The number of likely N-dealkylation sites (N-methyl/N-ethyl adjacent to an activating group) is 1. The minimum atomic E-state index is -0.730. The lowest BCUT2D eigenvalue weighted by Crippen LogP contribution is -2.59. The number of amides is 1. The van der Waals surface area contributed by atoms with Crippen molar-refractivity contribution in [3.05, 3.63) is 0 Å². The average molecular weight is 271 g/mol. The Morgan fingerprint density at radius 2 is 2.06 bits per heavy atom. The molecule has 0 aromatic heterocycles. The maximum absolute atomic E-state index is 12.2. The fourth-order valence-corrected chi connectivity index (χ4v) is 2.49. The molecule has 4 nitrogen and oxygen atoms in total. The SMILES string of the molecule is CCC(C)(C(=O)NCC1(N(C)C)CCC1)C(N)=S. The fraction of sp³-hybridized carbons (Fsp3) is 0.846. The summed E-state index contributed by atoms with van der Waals surface area (Å²) in [7, 11) is 4.13. The van der Waals surface area contributed by atoms with Gasteiger partial charge in [0.05, 0.1) is 10.4 Å². The first kappa shape index (κ1) is 15.4. The number of nitrogens with one attached hydrogen (secondary N) is 1. The molecule has 0 bridgehead atoms. The third-order valence-corrected chi connectivity index (χ3v) is 5.01. The van der Waals surface area contributed by atoms with Crippen LogP contribution < -0.4 is 11.1 Å². The Morgan fingerprint density at radius 1 is 1.50 bits per heavy atom. The van der Waals surface area contributed by atoms with E-state index in [0.29, 0.717) is 13.0 Å². The molecular weight excluding hydrogens is 246 g/mol. The van der Waals surface area contributed by atoms with Crippen molar-refractivity contribution in [1.82, 2.24) is 10.2 Å². The monoisotopic (exact) mass is 271 g/mol. The fourth-order valence-electron chi connectivity index (χ4n) is 2.25. The van der Waals surface area contributed by atoms with Crippen LogP contribution in [0.15, 0.2) is 0 Å². The summed E-state index contributed by atoms with van der Waals surface area (Å²) in [6, 6.07) is 0. The van der Waals surface area contributed by atoms with E-state index in [-0.39, 0.29) is 16.4 Å². The van der Waals surface area contributed by atoms with Crippen LogP contribution in [0.3, 0.4) is 0 Å². The second-order valence-electron chi connectivity index (χ2n) is 5.70. The smallest absolute Gasteiger partial charge is 0.232 e. The number of hydrogen-bond donors (Lipinski definition) is 2. The third kappa shape index (κ3) is 2.67. The van der Waals surface area contributed by atoms with Crippen molar-refractivity contribution in [2.24, 2.45) is 11.1 Å². The van der Waals surface area contributed by atoms with Crippen LogP contribution in [-0.2, 0) is 4.79 Å². The average Bonchev–Trinajstić information content (AvgIpc) is 2.25. The van der Waals surface area contributed by atoms with Gasteiger partial charge in [-0.2, -0.15) is 0 Å². The van der Waals surface area contributed by atoms with E-state index in [4.69, 9.17) is 18.0 Å². The Bertz CT molecular complexity index is 339. The third-order valence-electron chi connectivity index (χ3n) is 4.56. The van der Waals surface area contributed by atoms with E-state index >= 15 is 0 Å². The van der Waals surface area contributed by atoms with Crippen molar-refractivity contribution >= 4 is 23.1 Å². The molecule has 1 aliphatic rings. The van der Waals surface area contributed by atoms with E-state index in [1.807, 2.05) is 13.8 Å². The molecule has 1 atom stereocenters. The first-order valence-corrected chi connectivity index (χ1v) is 6.95. The number of nitrogens with two attached hydrogens (primary N) is 1. The Balaban J connectivity index is 2.63. The number of rotatable bonds is 6. The van der Waals surface area contributed by atoms with Gasteiger partial charge in [-0.3, -0.25) is 4.79 Å². The molecule has 0 saturated heterocycles. The van der Waals surface area contributed by atoms with Gasteiger partial charge in [0.15, 0.2) is 0 Å². The minimum Gasteiger partial charge on any atom is -0.392 e. The Hall–Kier alpha value is -0.680. The summed E-state index contributed by atoms with van der Waals surface area (Å²) in [5.41, 5.74) is 5.08. The summed E-state index contributed by atoms with van der Waals surface area (Å²) in [6.07, 6.45) is 4.13. The van der Waals surface area contributed by atoms with Crippen LogP contribution in [0.5, 0.6) is 0 Å². The Labute approximate surface area is 115 Å². The molecule has 0 aromatic carbocycles. The largest absolute Gasteiger partial charge is 0.392 e. The highest BCUT2D eigenvalue weighted by Crippen LogP contribution is 2.35. The summed E-state index contributed by atoms with van der Waals surface area (Å²) in [5.74, 6) is -0.0503. The molecule has 5 heteroatoms. The quantitative estimate of drug-likeness (QED) is 0.715. The van der Waals surface area contributed by atoms with E-state index in [1.165, 1.54) is 6.42 Å². The van der Waals surface area contributed by atoms with Gasteiger partial charge in [0, 0.05) is 12.1 Å². The maximum atomic E-state index is 12.2. The van der Waals surface area contributed by atoms with E-state index in [9.17, 15) is 4.79 Å². The predicted molar refractivity (Wildman–Crippen MR) is 78.5 cm³/mol. The molecule has 1 fully saturated rings. The lowest BCUT2D eigenvalue weighted by atomic mass is 9.75. The van der Waals surface area contributed by atoms with Gasteiger partial charge in [0.1, 0.15) is 0 Å². The van der Waals surface area contributed by atoms with Gasteiger partial charge in [-0.25, -0.2) is 0 Å². The summed E-state index contributed by atoms with van der Waals surface area (Å²) in [5, 5.41) is 3.03. The van der Waals surface area contributed by atoms with Crippen LogP contribution in [0.2, 0.25) is 0 Å². The second kappa shape index (κ2) is 5.53. The molecule has 0 radical (unpaired) electrons. The topological polar surface area (TPSA) is 58.4 Å². The van der Waals surface area contributed by atoms with E-state index in [0.717, 1.165) is 12.8 Å². The highest BCUT2D eigenvalue weighted by molar-refractivity contribution is 7.80. The molecule has 1 amide bonds. The zero-order valence-corrected chi connectivity index (χ0v) is 12.7. The van der Waals surface area contributed by atoms with Gasteiger partial charge < -0.3 is 16.0 Å². The van der Waals surface area contributed by atoms with Gasteiger partial charge in [-0.1, -0.05) is 19.1 Å². The maximum Gasteiger partial charge on any atom is 0.232 e. The lowest BCUT2D eigenvalue weighted by Gasteiger charge is -2.47. The van der Waals surface area contributed by atoms with Crippen LogP contribution >= 0.6 is 12.2 Å². The van der Waals surface area contributed by atoms with Crippen molar-refractivity contribution in [3.8, 4) is 0 Å². The first-order chi connectivity index (χ1) is 8.28. The van der Waals surface area contributed by atoms with Crippen molar-refractivity contribution in [2.75, 3.05) is 20.6 Å². The first-order valence-electron chi connectivity index (χ1n) is 6.54.